The van der Waals surface area contributed by atoms with Gasteiger partial charge in [0.2, 0.25) is 0 Å². The van der Waals surface area contributed by atoms with Gasteiger partial charge in [-0.05, 0) is 25.0 Å². The molecule has 0 fully saturated rings. The van der Waals surface area contributed by atoms with Gasteiger partial charge in [-0.25, -0.2) is 9.37 Å². The van der Waals surface area contributed by atoms with Crippen molar-refractivity contribution in [3.8, 4) is 0 Å². The first-order valence-electron chi connectivity index (χ1n) is 4.98. The molecule has 0 bridgehead atoms. The Morgan fingerprint density at radius 1 is 1.40 bits per heavy atom. The molecule has 78 valence electrons. The van der Waals surface area contributed by atoms with E-state index in [1.54, 1.807) is 12.1 Å². The lowest BCUT2D eigenvalue weighted by molar-refractivity contribution is 0.636. The minimum atomic E-state index is -0.315. The van der Waals surface area contributed by atoms with Crippen LogP contribution in [0.15, 0.2) is 18.2 Å². The second-order valence-corrected chi connectivity index (χ2v) is 3.58. The lowest BCUT2D eigenvalue weighted by atomic mass is 10.0. The zero-order chi connectivity index (χ0) is 11.0. The third-order valence-corrected chi connectivity index (χ3v) is 2.67. The summed E-state index contributed by atoms with van der Waals surface area (Å²) in [5.74, 6) is -0.315. The summed E-state index contributed by atoms with van der Waals surface area (Å²) < 4.78 is 13.5. The Balaban J connectivity index is 2.91. The predicted molar refractivity (Wildman–Crippen MR) is 60.2 cm³/mol. The number of para-hydroxylation sites is 1. The monoisotopic (exact) mass is 204 g/mol. The summed E-state index contributed by atoms with van der Waals surface area (Å²) in [6, 6.07) is 4.86. The Labute approximate surface area is 87.9 Å². The first-order valence-corrected chi connectivity index (χ1v) is 4.98. The van der Waals surface area contributed by atoms with E-state index in [2.05, 4.69) is 4.98 Å². The molecule has 3 heteroatoms. The molecule has 0 aliphatic heterocycles. The fraction of sp³-hybridized carbons (Fsp3) is 0.250. The van der Waals surface area contributed by atoms with E-state index in [1.165, 1.54) is 6.07 Å². The van der Waals surface area contributed by atoms with Crippen LogP contribution in [0.4, 0.5) is 10.1 Å². The number of pyridine rings is 1. The molecule has 1 heterocycles. The predicted octanol–water partition coefficient (Wildman–Crippen LogP) is 2.83. The van der Waals surface area contributed by atoms with E-state index in [0.717, 1.165) is 17.7 Å². The molecule has 0 amide bonds. The fourth-order valence-electron chi connectivity index (χ4n) is 1.89. The first-order chi connectivity index (χ1) is 7.15. The van der Waals surface area contributed by atoms with Crippen molar-refractivity contribution in [3.63, 3.8) is 0 Å². The molecule has 2 rings (SSSR count). The van der Waals surface area contributed by atoms with Crippen molar-refractivity contribution < 1.29 is 4.39 Å². The largest absolute Gasteiger partial charge is 0.398 e. The molecule has 1 aromatic carbocycles. The highest BCUT2D eigenvalue weighted by Crippen LogP contribution is 2.27. The summed E-state index contributed by atoms with van der Waals surface area (Å²) in [6.45, 7) is 3.88. The maximum Gasteiger partial charge on any atom is 0.149 e. The van der Waals surface area contributed by atoms with E-state index in [-0.39, 0.29) is 5.82 Å². The topological polar surface area (TPSA) is 38.9 Å². The second-order valence-electron chi connectivity index (χ2n) is 3.58. The van der Waals surface area contributed by atoms with Gasteiger partial charge in [0, 0.05) is 16.8 Å². The Morgan fingerprint density at radius 2 is 2.13 bits per heavy atom. The van der Waals surface area contributed by atoms with E-state index < -0.39 is 0 Å². The molecule has 0 spiro atoms. The molecule has 0 saturated heterocycles. The van der Waals surface area contributed by atoms with Crippen LogP contribution in [-0.4, -0.2) is 4.98 Å². The SMILES string of the molecule is CCc1c(C)nc2c(F)cccc2c1N. The molecular weight excluding hydrogens is 191 g/mol. The van der Waals surface area contributed by atoms with Gasteiger partial charge < -0.3 is 5.73 Å². The molecule has 0 unspecified atom stereocenters. The Morgan fingerprint density at radius 3 is 2.80 bits per heavy atom. The third-order valence-electron chi connectivity index (χ3n) is 2.67. The van der Waals surface area contributed by atoms with E-state index in [9.17, 15) is 4.39 Å². The molecular formula is C12H13FN2. The van der Waals surface area contributed by atoms with Gasteiger partial charge in [-0.15, -0.1) is 0 Å². The van der Waals surface area contributed by atoms with Crippen LogP contribution in [0, 0.1) is 12.7 Å². The van der Waals surface area contributed by atoms with Gasteiger partial charge in [-0.1, -0.05) is 19.1 Å². The second kappa shape index (κ2) is 3.50. The fourth-order valence-corrected chi connectivity index (χ4v) is 1.89. The molecule has 0 aliphatic carbocycles. The van der Waals surface area contributed by atoms with Crippen molar-refractivity contribution >= 4 is 16.6 Å². The van der Waals surface area contributed by atoms with Gasteiger partial charge >= 0.3 is 0 Å². The van der Waals surface area contributed by atoms with Crippen molar-refractivity contribution in [2.45, 2.75) is 20.3 Å². The van der Waals surface area contributed by atoms with Crippen LogP contribution in [-0.2, 0) is 6.42 Å². The number of hydrogen-bond acceptors (Lipinski definition) is 2. The van der Waals surface area contributed by atoms with Gasteiger partial charge in [0.05, 0.1) is 0 Å². The molecule has 15 heavy (non-hydrogen) atoms. The van der Waals surface area contributed by atoms with Crippen molar-refractivity contribution in [1.82, 2.24) is 4.98 Å². The molecule has 2 N–H and O–H groups in total. The molecule has 1 aromatic heterocycles. The van der Waals surface area contributed by atoms with Gasteiger partial charge in [-0.3, -0.25) is 0 Å². The average Bonchev–Trinajstić information content (AvgIpc) is 2.20. The summed E-state index contributed by atoms with van der Waals surface area (Å²) >= 11 is 0. The van der Waals surface area contributed by atoms with Crippen LogP contribution in [0.25, 0.3) is 10.9 Å². The Kier molecular flexibility index (Phi) is 2.31. The maximum absolute atomic E-state index is 13.5. The number of aromatic nitrogens is 1. The van der Waals surface area contributed by atoms with Crippen molar-refractivity contribution in [2.24, 2.45) is 0 Å². The number of halogens is 1. The van der Waals surface area contributed by atoms with E-state index in [1.807, 2.05) is 13.8 Å². The maximum atomic E-state index is 13.5. The molecule has 0 saturated carbocycles. The summed E-state index contributed by atoms with van der Waals surface area (Å²) in [4.78, 5) is 4.25. The van der Waals surface area contributed by atoms with Crippen molar-refractivity contribution in [3.05, 3.63) is 35.3 Å². The highest BCUT2D eigenvalue weighted by Gasteiger charge is 2.10. The minimum absolute atomic E-state index is 0.315. The number of aryl methyl sites for hydroxylation is 1. The van der Waals surface area contributed by atoms with Gasteiger partial charge in [0.1, 0.15) is 11.3 Å². The summed E-state index contributed by atoms with van der Waals surface area (Å²) in [5.41, 5.74) is 8.83. The standard InChI is InChI=1S/C12H13FN2/c1-3-8-7(2)15-12-9(11(8)14)5-4-6-10(12)13/h4-6H,3H2,1-2H3,(H2,14,15). The summed E-state index contributed by atoms with van der Waals surface area (Å²) in [5, 5.41) is 0.706. The molecule has 0 atom stereocenters. The number of hydrogen-bond donors (Lipinski definition) is 1. The van der Waals surface area contributed by atoms with Gasteiger partial charge in [0.25, 0.3) is 0 Å². The summed E-state index contributed by atoms with van der Waals surface area (Å²) in [6.07, 6.45) is 0.817. The number of nitrogens with zero attached hydrogens (tertiary/aromatic N) is 1. The van der Waals surface area contributed by atoms with Crippen LogP contribution in [0.5, 0.6) is 0 Å². The van der Waals surface area contributed by atoms with Crippen LogP contribution >= 0.6 is 0 Å². The highest BCUT2D eigenvalue weighted by molar-refractivity contribution is 5.92. The summed E-state index contributed by atoms with van der Waals surface area (Å²) in [7, 11) is 0. The highest BCUT2D eigenvalue weighted by atomic mass is 19.1. The molecule has 0 aliphatic rings. The van der Waals surface area contributed by atoms with E-state index >= 15 is 0 Å². The average molecular weight is 204 g/mol. The number of anilines is 1. The third kappa shape index (κ3) is 1.44. The molecule has 0 radical (unpaired) electrons. The Hall–Kier alpha value is -1.64. The Bertz CT molecular complexity index is 521. The van der Waals surface area contributed by atoms with Crippen molar-refractivity contribution in [1.29, 1.82) is 0 Å². The molecule has 2 aromatic rings. The lowest BCUT2D eigenvalue weighted by Crippen LogP contribution is -2.01. The van der Waals surface area contributed by atoms with Gasteiger partial charge in [0.15, 0.2) is 0 Å². The number of fused-ring (bicyclic) bond motifs is 1. The normalized spacial score (nSPS) is 10.9. The number of nitrogen functional groups attached to an aromatic ring is 1. The van der Waals surface area contributed by atoms with Crippen LogP contribution in [0.2, 0.25) is 0 Å². The van der Waals surface area contributed by atoms with E-state index in [4.69, 9.17) is 5.73 Å². The van der Waals surface area contributed by atoms with Gasteiger partial charge in [-0.2, -0.15) is 0 Å². The minimum Gasteiger partial charge on any atom is -0.398 e. The van der Waals surface area contributed by atoms with Crippen molar-refractivity contribution in [2.75, 3.05) is 5.73 Å². The zero-order valence-corrected chi connectivity index (χ0v) is 8.84. The number of rotatable bonds is 1. The van der Waals surface area contributed by atoms with Crippen LogP contribution < -0.4 is 5.73 Å². The first kappa shape index (κ1) is 9.90. The molecule has 2 nitrogen and oxygen atoms in total. The lowest BCUT2D eigenvalue weighted by Gasteiger charge is -2.10. The van der Waals surface area contributed by atoms with E-state index in [0.29, 0.717) is 16.6 Å². The number of nitrogens with two attached hydrogens (primary N) is 1. The zero-order valence-electron chi connectivity index (χ0n) is 8.84. The quantitative estimate of drug-likeness (QED) is 0.775. The van der Waals surface area contributed by atoms with Crippen LogP contribution in [0.1, 0.15) is 18.2 Å². The number of benzene rings is 1. The van der Waals surface area contributed by atoms with Crippen LogP contribution in [0.3, 0.4) is 0 Å². The smallest absolute Gasteiger partial charge is 0.149 e.